The van der Waals surface area contributed by atoms with E-state index in [1.54, 1.807) is 44.2 Å². The maximum absolute atomic E-state index is 13.6. The third-order valence-corrected chi connectivity index (χ3v) is 8.20. The second kappa shape index (κ2) is 12.2. The smallest absolute Gasteiger partial charge is 0.263 e. The molecule has 4 rings (SSSR count). The molecule has 2 atom stereocenters. The molecular weight excluding hydrogens is 586 g/mol. The minimum Gasteiger partial charge on any atom is -0.497 e. The largest absolute Gasteiger partial charge is 0.497 e. The fourth-order valence-corrected chi connectivity index (χ4v) is 5.44. The van der Waals surface area contributed by atoms with Gasteiger partial charge in [0.25, 0.3) is 15.9 Å². The summed E-state index contributed by atoms with van der Waals surface area (Å²) in [6.45, 7) is 9.90. The van der Waals surface area contributed by atoms with Crippen molar-refractivity contribution in [2.24, 2.45) is 0 Å². The third-order valence-electron chi connectivity index (χ3n) is 6.53. The minimum atomic E-state index is -4.16. The normalized spacial score (nSPS) is 17.5. The Kier molecular flexibility index (Phi) is 9.24. The van der Waals surface area contributed by atoms with Crippen LogP contribution in [-0.4, -0.2) is 58.2 Å². The molecule has 2 aromatic carbocycles. The Labute approximate surface area is 251 Å². The van der Waals surface area contributed by atoms with E-state index in [0.29, 0.717) is 5.75 Å². The zero-order valence-electron chi connectivity index (χ0n) is 24.8. The molecule has 2 unspecified atom stereocenters. The van der Waals surface area contributed by atoms with Crippen LogP contribution in [0.2, 0.25) is 5.02 Å². The van der Waals surface area contributed by atoms with E-state index < -0.39 is 28.0 Å². The maximum Gasteiger partial charge on any atom is 0.263 e. The number of sulfonamides is 1. The third kappa shape index (κ3) is 7.07. The molecule has 0 radical (unpaired) electrons. The van der Waals surface area contributed by atoms with Crippen molar-refractivity contribution >= 4 is 27.4 Å². The fourth-order valence-electron chi connectivity index (χ4n) is 4.28. The van der Waals surface area contributed by atoms with Gasteiger partial charge in [-0.1, -0.05) is 44.5 Å². The standard InChI is InChI=1S/C29H36ClN3O8S/c1-28(2,3)17-9-12-19(13-10-17)42(34,35)33-26-24(40-21-15-18(36-6)11-14-20(21)30)27(38-8)32-25(31-26)23(37-7)22-16-39-29(4,5)41-22/h9-15,22-23H,16H2,1-8H3,(H,31,32,33). The Morgan fingerprint density at radius 2 is 1.74 bits per heavy atom. The number of anilines is 1. The zero-order chi connectivity index (χ0) is 30.9. The number of ether oxygens (including phenoxy) is 6. The lowest BCUT2D eigenvalue weighted by atomic mass is 9.87. The van der Waals surface area contributed by atoms with Crippen molar-refractivity contribution in [2.75, 3.05) is 32.7 Å². The van der Waals surface area contributed by atoms with Gasteiger partial charge in [0.15, 0.2) is 17.4 Å². The van der Waals surface area contributed by atoms with E-state index in [9.17, 15) is 8.42 Å². The highest BCUT2D eigenvalue weighted by molar-refractivity contribution is 7.92. The van der Waals surface area contributed by atoms with Crippen LogP contribution in [0.25, 0.3) is 0 Å². The highest BCUT2D eigenvalue weighted by atomic mass is 35.5. The first-order chi connectivity index (χ1) is 19.7. The van der Waals surface area contributed by atoms with E-state index in [4.69, 9.17) is 40.0 Å². The van der Waals surface area contributed by atoms with Crippen LogP contribution in [0.5, 0.6) is 23.1 Å². The van der Waals surface area contributed by atoms with Crippen molar-refractivity contribution in [3.63, 3.8) is 0 Å². The monoisotopic (exact) mass is 621 g/mol. The van der Waals surface area contributed by atoms with Crippen molar-refractivity contribution in [2.45, 2.75) is 62.9 Å². The molecule has 0 aliphatic carbocycles. The summed E-state index contributed by atoms with van der Waals surface area (Å²) in [6, 6.07) is 11.4. The van der Waals surface area contributed by atoms with Crippen LogP contribution < -0.4 is 18.9 Å². The number of halogens is 1. The van der Waals surface area contributed by atoms with E-state index in [1.165, 1.54) is 33.5 Å². The van der Waals surface area contributed by atoms with Gasteiger partial charge in [-0.05, 0) is 49.1 Å². The van der Waals surface area contributed by atoms with Crippen molar-refractivity contribution in [1.82, 2.24) is 9.97 Å². The van der Waals surface area contributed by atoms with Gasteiger partial charge < -0.3 is 28.4 Å². The summed E-state index contributed by atoms with van der Waals surface area (Å²) in [7, 11) is 0.181. The lowest BCUT2D eigenvalue weighted by Crippen LogP contribution is -2.28. The molecule has 0 bridgehead atoms. The van der Waals surface area contributed by atoms with Crippen LogP contribution in [0.15, 0.2) is 47.4 Å². The van der Waals surface area contributed by atoms with Crippen LogP contribution in [0, 0.1) is 0 Å². The molecule has 0 amide bonds. The molecule has 13 heteroatoms. The summed E-state index contributed by atoms with van der Waals surface area (Å²) < 4.78 is 64.1. The van der Waals surface area contributed by atoms with Crippen LogP contribution in [0.3, 0.4) is 0 Å². The molecule has 1 saturated heterocycles. The van der Waals surface area contributed by atoms with Crippen molar-refractivity contribution in [3.8, 4) is 23.1 Å². The SMILES string of the molecule is COc1ccc(Cl)c(Oc2c(NS(=O)(=O)c3ccc(C(C)(C)C)cc3)nc(C(OC)C3COC(C)(C)O3)nc2OC)c1. The molecule has 1 aromatic heterocycles. The number of nitrogens with one attached hydrogen (secondary N) is 1. The quantitative estimate of drug-likeness (QED) is 0.293. The molecule has 2 heterocycles. The molecule has 1 aliphatic heterocycles. The molecule has 42 heavy (non-hydrogen) atoms. The Morgan fingerprint density at radius 1 is 1.05 bits per heavy atom. The first kappa shape index (κ1) is 31.8. The zero-order valence-corrected chi connectivity index (χ0v) is 26.4. The molecule has 1 fully saturated rings. The molecule has 3 aromatic rings. The maximum atomic E-state index is 13.6. The first-order valence-corrected chi connectivity index (χ1v) is 15.0. The van der Waals surface area contributed by atoms with Crippen LogP contribution in [0.4, 0.5) is 5.82 Å². The topological polar surface area (TPSA) is 127 Å². The van der Waals surface area contributed by atoms with Gasteiger partial charge in [0, 0.05) is 13.2 Å². The van der Waals surface area contributed by atoms with Gasteiger partial charge in [-0.2, -0.15) is 4.98 Å². The molecule has 0 spiro atoms. The van der Waals surface area contributed by atoms with Gasteiger partial charge in [0.1, 0.15) is 23.7 Å². The van der Waals surface area contributed by atoms with E-state index in [1.807, 2.05) is 20.8 Å². The second-order valence-electron chi connectivity index (χ2n) is 11.1. The number of nitrogens with zero attached hydrogens (tertiary/aromatic N) is 2. The molecule has 0 saturated carbocycles. The van der Waals surface area contributed by atoms with Gasteiger partial charge in [-0.15, -0.1) is 0 Å². The van der Waals surface area contributed by atoms with Crippen LogP contribution in [-0.2, 0) is 29.6 Å². The molecule has 11 nitrogen and oxygen atoms in total. The lowest BCUT2D eigenvalue weighted by Gasteiger charge is -2.24. The summed E-state index contributed by atoms with van der Waals surface area (Å²) >= 11 is 6.40. The first-order valence-electron chi connectivity index (χ1n) is 13.1. The summed E-state index contributed by atoms with van der Waals surface area (Å²) in [4.78, 5) is 9.06. The van der Waals surface area contributed by atoms with E-state index in [0.717, 1.165) is 5.56 Å². The number of hydrogen-bond donors (Lipinski definition) is 1. The van der Waals surface area contributed by atoms with Crippen molar-refractivity contribution < 1.29 is 36.8 Å². The van der Waals surface area contributed by atoms with Gasteiger partial charge in [0.2, 0.25) is 5.75 Å². The number of rotatable bonds is 10. The molecule has 1 N–H and O–H groups in total. The van der Waals surface area contributed by atoms with E-state index in [-0.39, 0.29) is 51.0 Å². The lowest BCUT2D eigenvalue weighted by molar-refractivity contribution is -0.155. The summed E-state index contributed by atoms with van der Waals surface area (Å²) in [5, 5.41) is 0.238. The van der Waals surface area contributed by atoms with Crippen LogP contribution in [0.1, 0.15) is 52.1 Å². The van der Waals surface area contributed by atoms with Crippen molar-refractivity contribution in [3.05, 3.63) is 58.9 Å². The molecular formula is C29H36ClN3O8S. The summed E-state index contributed by atoms with van der Waals surface area (Å²) in [5.41, 5.74) is 0.825. The molecule has 228 valence electrons. The van der Waals surface area contributed by atoms with Gasteiger partial charge >= 0.3 is 0 Å². The highest BCUT2D eigenvalue weighted by Gasteiger charge is 2.40. The average Bonchev–Trinajstić information content (AvgIpc) is 3.29. The number of aromatic nitrogens is 2. The van der Waals surface area contributed by atoms with Gasteiger partial charge in [0.05, 0.1) is 30.7 Å². The number of hydrogen-bond acceptors (Lipinski definition) is 10. The molecule has 1 aliphatic rings. The second-order valence-corrected chi connectivity index (χ2v) is 13.2. The van der Waals surface area contributed by atoms with Crippen LogP contribution >= 0.6 is 11.6 Å². The summed E-state index contributed by atoms with van der Waals surface area (Å²) in [5.74, 6) is -0.515. The number of benzene rings is 2. The van der Waals surface area contributed by atoms with Gasteiger partial charge in [-0.25, -0.2) is 13.4 Å². The Bertz CT molecular complexity index is 1530. The van der Waals surface area contributed by atoms with E-state index >= 15 is 0 Å². The summed E-state index contributed by atoms with van der Waals surface area (Å²) in [6.07, 6.45) is -1.41. The highest BCUT2D eigenvalue weighted by Crippen LogP contribution is 2.42. The Balaban J connectivity index is 1.82. The predicted octanol–water partition coefficient (Wildman–Crippen LogP) is 5.88. The van der Waals surface area contributed by atoms with Gasteiger partial charge in [-0.3, -0.25) is 4.72 Å². The minimum absolute atomic E-state index is 0.0255. The fraction of sp³-hybridized carbons (Fsp3) is 0.448. The Morgan fingerprint density at radius 3 is 2.29 bits per heavy atom. The average molecular weight is 622 g/mol. The Hall–Kier alpha value is -3.16. The van der Waals surface area contributed by atoms with Crippen molar-refractivity contribution in [1.29, 1.82) is 0 Å². The predicted molar refractivity (Wildman–Crippen MR) is 157 cm³/mol. The number of methoxy groups -OCH3 is 3. The van der Waals surface area contributed by atoms with E-state index in [2.05, 4.69) is 14.7 Å².